The average molecular weight is 213 g/mol. The minimum atomic E-state index is 0.215. The minimum Gasteiger partial charge on any atom is -0.397 e. The first-order valence-corrected chi connectivity index (χ1v) is 5.00. The number of halogens is 1. The van der Waals surface area contributed by atoms with Crippen LogP contribution in [0.5, 0.6) is 0 Å². The van der Waals surface area contributed by atoms with Crippen molar-refractivity contribution in [1.82, 2.24) is 15.6 Å². The molecule has 0 unspecified atom stereocenters. The van der Waals surface area contributed by atoms with Gasteiger partial charge in [-0.15, -0.1) is 0 Å². The molecule has 1 aromatic heterocycles. The molecule has 1 aliphatic rings. The van der Waals surface area contributed by atoms with Gasteiger partial charge in [0.25, 0.3) is 0 Å². The molecule has 1 fully saturated rings. The second-order valence-corrected chi connectivity index (χ2v) is 3.72. The number of aromatic nitrogens is 1. The summed E-state index contributed by atoms with van der Waals surface area (Å²) in [6, 6.07) is 2.09. The van der Waals surface area contributed by atoms with Gasteiger partial charge in [0, 0.05) is 31.2 Å². The van der Waals surface area contributed by atoms with E-state index in [1.54, 1.807) is 6.20 Å². The van der Waals surface area contributed by atoms with E-state index < -0.39 is 0 Å². The Bertz CT molecular complexity index is 323. The van der Waals surface area contributed by atoms with Gasteiger partial charge >= 0.3 is 0 Å². The Balaban J connectivity index is 2.24. The van der Waals surface area contributed by atoms with Crippen molar-refractivity contribution >= 4 is 17.3 Å². The smallest absolute Gasteiger partial charge is 0.133 e. The van der Waals surface area contributed by atoms with Crippen molar-refractivity contribution in [2.45, 2.75) is 6.04 Å². The molecule has 0 radical (unpaired) electrons. The molecule has 0 spiro atoms. The zero-order valence-electron chi connectivity index (χ0n) is 7.76. The van der Waals surface area contributed by atoms with Crippen molar-refractivity contribution in [3.63, 3.8) is 0 Å². The Hall–Kier alpha value is -0.840. The second-order valence-electron chi connectivity index (χ2n) is 3.36. The van der Waals surface area contributed by atoms with E-state index >= 15 is 0 Å². The largest absolute Gasteiger partial charge is 0.397 e. The lowest BCUT2D eigenvalue weighted by atomic mass is 10.1. The predicted octanol–water partition coefficient (Wildman–Crippen LogP) is 0.551. The number of nitrogens with one attached hydrogen (secondary N) is 2. The van der Waals surface area contributed by atoms with Crippen LogP contribution in [0.3, 0.4) is 0 Å². The molecule has 0 aromatic carbocycles. The Kier molecular flexibility index (Phi) is 2.86. The van der Waals surface area contributed by atoms with Crippen molar-refractivity contribution in [3.05, 3.63) is 23.0 Å². The van der Waals surface area contributed by atoms with E-state index in [0.29, 0.717) is 10.8 Å². The highest BCUT2D eigenvalue weighted by atomic mass is 35.5. The van der Waals surface area contributed by atoms with Crippen molar-refractivity contribution in [2.24, 2.45) is 0 Å². The molecule has 1 saturated heterocycles. The third-order valence-corrected chi connectivity index (χ3v) is 2.62. The SMILES string of the molecule is Nc1cnc(Cl)c([C@H]2CNCCN2)c1. The van der Waals surface area contributed by atoms with E-state index in [2.05, 4.69) is 15.6 Å². The third-order valence-electron chi connectivity index (χ3n) is 2.30. The fraction of sp³-hybridized carbons (Fsp3) is 0.444. The van der Waals surface area contributed by atoms with Gasteiger partial charge in [-0.25, -0.2) is 4.98 Å². The monoisotopic (exact) mass is 212 g/mol. The zero-order chi connectivity index (χ0) is 9.97. The molecule has 0 saturated carbocycles. The van der Waals surface area contributed by atoms with Crippen LogP contribution in [0.4, 0.5) is 5.69 Å². The lowest BCUT2D eigenvalue weighted by Gasteiger charge is -2.25. The average Bonchev–Trinajstić information content (AvgIpc) is 2.23. The molecule has 76 valence electrons. The van der Waals surface area contributed by atoms with Crippen molar-refractivity contribution < 1.29 is 0 Å². The van der Waals surface area contributed by atoms with Crippen LogP contribution in [0.25, 0.3) is 0 Å². The van der Waals surface area contributed by atoms with Crippen LogP contribution in [-0.2, 0) is 0 Å². The Morgan fingerprint density at radius 2 is 2.36 bits per heavy atom. The summed E-state index contributed by atoms with van der Waals surface area (Å²) in [6.07, 6.45) is 1.57. The maximum atomic E-state index is 6.00. The molecule has 0 aliphatic carbocycles. The van der Waals surface area contributed by atoms with Gasteiger partial charge in [0.1, 0.15) is 5.15 Å². The third kappa shape index (κ3) is 1.97. The Labute approximate surface area is 87.8 Å². The van der Waals surface area contributed by atoms with Gasteiger partial charge in [0.05, 0.1) is 11.9 Å². The minimum absolute atomic E-state index is 0.215. The number of anilines is 1. The molecule has 1 aromatic rings. The van der Waals surface area contributed by atoms with Gasteiger partial charge in [0.2, 0.25) is 0 Å². The van der Waals surface area contributed by atoms with Crippen LogP contribution in [0.2, 0.25) is 5.15 Å². The molecule has 2 heterocycles. The molecule has 1 aliphatic heterocycles. The molecule has 4 N–H and O–H groups in total. The number of nitrogens with two attached hydrogens (primary N) is 1. The maximum absolute atomic E-state index is 6.00. The Morgan fingerprint density at radius 3 is 3.07 bits per heavy atom. The number of pyridine rings is 1. The highest BCUT2D eigenvalue weighted by Gasteiger charge is 2.17. The molecule has 2 rings (SSSR count). The van der Waals surface area contributed by atoms with E-state index in [4.69, 9.17) is 17.3 Å². The summed E-state index contributed by atoms with van der Waals surface area (Å²) in [7, 11) is 0. The van der Waals surface area contributed by atoms with Gasteiger partial charge in [-0.05, 0) is 6.07 Å². The quantitative estimate of drug-likeness (QED) is 0.595. The summed E-state index contributed by atoms with van der Waals surface area (Å²) in [4.78, 5) is 4.03. The van der Waals surface area contributed by atoms with E-state index in [0.717, 1.165) is 25.2 Å². The summed E-state index contributed by atoms with van der Waals surface area (Å²) in [5.41, 5.74) is 7.29. The van der Waals surface area contributed by atoms with Gasteiger partial charge in [0.15, 0.2) is 0 Å². The Morgan fingerprint density at radius 1 is 1.50 bits per heavy atom. The summed E-state index contributed by atoms with van der Waals surface area (Å²) in [5.74, 6) is 0. The van der Waals surface area contributed by atoms with Crippen LogP contribution in [0.15, 0.2) is 12.3 Å². The fourth-order valence-corrected chi connectivity index (χ4v) is 1.83. The van der Waals surface area contributed by atoms with Crippen molar-refractivity contribution in [2.75, 3.05) is 25.4 Å². The number of nitrogens with zero attached hydrogens (tertiary/aromatic N) is 1. The number of piperazine rings is 1. The first-order valence-electron chi connectivity index (χ1n) is 4.62. The van der Waals surface area contributed by atoms with E-state index in [1.165, 1.54) is 0 Å². The fourth-order valence-electron chi connectivity index (χ4n) is 1.60. The number of hydrogen-bond donors (Lipinski definition) is 3. The second kappa shape index (κ2) is 4.13. The molecule has 0 amide bonds. The molecule has 1 atom stereocenters. The first kappa shape index (κ1) is 9.71. The lowest BCUT2D eigenvalue weighted by molar-refractivity contribution is 0.429. The van der Waals surface area contributed by atoms with Gasteiger partial charge in [-0.3, -0.25) is 0 Å². The van der Waals surface area contributed by atoms with Gasteiger partial charge in [-0.1, -0.05) is 11.6 Å². The summed E-state index contributed by atoms with van der Waals surface area (Å²) in [6.45, 7) is 2.80. The standard InChI is InChI=1S/C9H13ClN4/c10-9-7(3-6(11)4-14-9)8-5-12-1-2-13-8/h3-4,8,12-13H,1-2,5,11H2/t8-/m1/s1. The van der Waals surface area contributed by atoms with E-state index in [9.17, 15) is 0 Å². The number of hydrogen-bond acceptors (Lipinski definition) is 4. The normalized spacial score (nSPS) is 22.2. The number of nitrogen functional groups attached to an aromatic ring is 1. The molecular formula is C9H13ClN4. The molecule has 14 heavy (non-hydrogen) atoms. The predicted molar refractivity (Wildman–Crippen MR) is 57.3 cm³/mol. The van der Waals surface area contributed by atoms with E-state index in [-0.39, 0.29) is 6.04 Å². The van der Waals surface area contributed by atoms with Crippen LogP contribution in [-0.4, -0.2) is 24.6 Å². The van der Waals surface area contributed by atoms with Gasteiger partial charge in [-0.2, -0.15) is 0 Å². The molecule has 4 nitrogen and oxygen atoms in total. The number of rotatable bonds is 1. The topological polar surface area (TPSA) is 63.0 Å². The van der Waals surface area contributed by atoms with Crippen molar-refractivity contribution in [1.29, 1.82) is 0 Å². The van der Waals surface area contributed by atoms with Crippen LogP contribution in [0.1, 0.15) is 11.6 Å². The summed E-state index contributed by atoms with van der Waals surface area (Å²) < 4.78 is 0. The van der Waals surface area contributed by atoms with Crippen molar-refractivity contribution in [3.8, 4) is 0 Å². The highest BCUT2D eigenvalue weighted by Crippen LogP contribution is 2.23. The van der Waals surface area contributed by atoms with Crippen LogP contribution in [0, 0.1) is 0 Å². The van der Waals surface area contributed by atoms with Gasteiger partial charge < -0.3 is 16.4 Å². The molecule has 5 heteroatoms. The first-order chi connectivity index (χ1) is 6.77. The summed E-state index contributed by atoms with van der Waals surface area (Å²) in [5, 5.41) is 7.18. The summed E-state index contributed by atoms with van der Waals surface area (Å²) >= 11 is 6.00. The maximum Gasteiger partial charge on any atom is 0.133 e. The van der Waals surface area contributed by atoms with E-state index in [1.807, 2.05) is 6.07 Å². The zero-order valence-corrected chi connectivity index (χ0v) is 8.51. The van der Waals surface area contributed by atoms with Crippen LogP contribution < -0.4 is 16.4 Å². The molecular weight excluding hydrogens is 200 g/mol. The highest BCUT2D eigenvalue weighted by molar-refractivity contribution is 6.30. The van der Waals surface area contributed by atoms with Crippen LogP contribution >= 0.6 is 11.6 Å². The lowest BCUT2D eigenvalue weighted by Crippen LogP contribution is -2.42. The molecule has 0 bridgehead atoms.